The topological polar surface area (TPSA) is 110 Å². The van der Waals surface area contributed by atoms with Crippen LogP contribution in [0.1, 0.15) is 42.2 Å². The van der Waals surface area contributed by atoms with Gasteiger partial charge in [0.1, 0.15) is 6.04 Å². The predicted octanol–water partition coefficient (Wildman–Crippen LogP) is 7.57. The molecular formula is C32H19Cl5N2O6. The van der Waals surface area contributed by atoms with Gasteiger partial charge in [-0.25, -0.2) is 4.79 Å². The summed E-state index contributed by atoms with van der Waals surface area (Å²) in [6.07, 6.45) is -0.156. The van der Waals surface area contributed by atoms with Gasteiger partial charge in [0.05, 0.1) is 36.9 Å². The zero-order chi connectivity index (χ0) is 32.4. The fraction of sp³-hybridized carbons (Fsp3) is 0.0938. The van der Waals surface area contributed by atoms with E-state index >= 15 is 0 Å². The maximum atomic E-state index is 13.5. The van der Waals surface area contributed by atoms with Crippen LogP contribution < -0.4 is 5.32 Å². The highest BCUT2D eigenvalue weighted by molar-refractivity contribution is 6.55. The number of hydrogen-bond acceptors (Lipinski definition) is 6. The van der Waals surface area contributed by atoms with E-state index < -0.39 is 42.1 Å². The molecule has 0 spiro atoms. The molecule has 1 aliphatic heterocycles. The number of anilines is 1. The molecule has 0 aromatic heterocycles. The normalized spacial score (nSPS) is 13.0. The third kappa shape index (κ3) is 6.57. The van der Waals surface area contributed by atoms with Gasteiger partial charge in [-0.3, -0.25) is 24.1 Å². The number of benzene rings is 4. The predicted molar refractivity (Wildman–Crippen MR) is 172 cm³/mol. The van der Waals surface area contributed by atoms with Gasteiger partial charge in [0, 0.05) is 22.6 Å². The standard InChI is InChI=1S/C32H19Cl5N2O6/c33-18-11-12-20(19(14-18)29(41)17-9-5-2-6-10-17)38-22(40)15-45-32(44)21(13-16-7-3-1-4-8-16)39-30(42)23-24(31(39)43)26(35)28(37)27(36)25(23)34/h1-12,14,21H,13,15H2,(H,38,40)/t21-/m1/s1. The molecule has 5 rings (SSSR count). The van der Waals surface area contributed by atoms with Crippen molar-refractivity contribution in [3.63, 3.8) is 0 Å². The van der Waals surface area contributed by atoms with Crippen LogP contribution in [-0.2, 0) is 20.7 Å². The van der Waals surface area contributed by atoms with Gasteiger partial charge < -0.3 is 10.1 Å². The smallest absolute Gasteiger partial charge is 0.330 e. The lowest BCUT2D eigenvalue weighted by molar-refractivity contribution is -0.151. The molecule has 1 N–H and O–H groups in total. The van der Waals surface area contributed by atoms with Gasteiger partial charge in [0.2, 0.25) is 0 Å². The largest absolute Gasteiger partial charge is 0.454 e. The Morgan fingerprint density at radius 2 is 1.29 bits per heavy atom. The van der Waals surface area contributed by atoms with Crippen LogP contribution in [0.2, 0.25) is 25.1 Å². The van der Waals surface area contributed by atoms with E-state index in [1.165, 1.54) is 18.2 Å². The number of nitrogens with zero attached hydrogens (tertiary/aromatic N) is 1. The summed E-state index contributed by atoms with van der Waals surface area (Å²) in [4.78, 5) is 67.3. The molecule has 0 bridgehead atoms. The van der Waals surface area contributed by atoms with E-state index in [0.717, 1.165) is 0 Å². The minimum Gasteiger partial charge on any atom is -0.454 e. The van der Waals surface area contributed by atoms with Crippen molar-refractivity contribution in [2.24, 2.45) is 0 Å². The number of carbonyl (C=O) groups is 5. The van der Waals surface area contributed by atoms with Crippen LogP contribution in [0.4, 0.5) is 5.69 Å². The number of halogens is 5. The van der Waals surface area contributed by atoms with Gasteiger partial charge in [0.25, 0.3) is 17.7 Å². The Bertz CT molecular complexity index is 1820. The molecule has 0 aliphatic carbocycles. The number of esters is 1. The molecule has 1 heterocycles. The second-order valence-corrected chi connectivity index (χ2v) is 11.7. The van der Waals surface area contributed by atoms with Crippen molar-refractivity contribution in [1.82, 2.24) is 4.90 Å². The number of ketones is 1. The van der Waals surface area contributed by atoms with E-state index in [1.807, 2.05) is 0 Å². The molecule has 0 saturated heterocycles. The van der Waals surface area contributed by atoms with Crippen LogP contribution >= 0.6 is 58.0 Å². The molecule has 3 amide bonds. The number of nitrogens with one attached hydrogen (secondary N) is 1. The monoisotopic (exact) mass is 702 g/mol. The molecule has 0 radical (unpaired) electrons. The number of amides is 3. The quantitative estimate of drug-likeness (QED) is 0.0633. The van der Waals surface area contributed by atoms with Crippen molar-refractivity contribution in [1.29, 1.82) is 0 Å². The van der Waals surface area contributed by atoms with Crippen molar-refractivity contribution in [2.45, 2.75) is 12.5 Å². The summed E-state index contributed by atoms with van der Waals surface area (Å²) in [6.45, 7) is -0.811. The van der Waals surface area contributed by atoms with Crippen LogP contribution in [0.3, 0.4) is 0 Å². The second-order valence-electron chi connectivity index (χ2n) is 9.73. The van der Waals surface area contributed by atoms with E-state index in [9.17, 15) is 24.0 Å². The van der Waals surface area contributed by atoms with Gasteiger partial charge in [-0.2, -0.15) is 0 Å². The fourth-order valence-corrected chi connectivity index (χ4v) is 5.93. The van der Waals surface area contributed by atoms with Crippen LogP contribution in [0.25, 0.3) is 0 Å². The molecule has 13 heteroatoms. The molecule has 8 nitrogen and oxygen atoms in total. The number of hydrogen-bond donors (Lipinski definition) is 1. The summed E-state index contributed by atoms with van der Waals surface area (Å²) >= 11 is 30.9. The lowest BCUT2D eigenvalue weighted by atomic mass is 10.0. The Labute approximate surface area is 281 Å². The third-order valence-corrected chi connectivity index (χ3v) is 8.91. The molecule has 4 aromatic carbocycles. The Morgan fingerprint density at radius 3 is 1.87 bits per heavy atom. The average molecular weight is 705 g/mol. The lowest BCUT2D eigenvalue weighted by Crippen LogP contribution is -2.47. The minimum absolute atomic E-state index is 0.118. The lowest BCUT2D eigenvalue weighted by Gasteiger charge is -2.24. The first-order valence-electron chi connectivity index (χ1n) is 13.1. The number of fused-ring (bicyclic) bond motifs is 1. The molecule has 4 aromatic rings. The summed E-state index contributed by atoms with van der Waals surface area (Å²) in [6, 6.07) is 19.7. The Hall–Kier alpha value is -3.92. The zero-order valence-corrected chi connectivity index (χ0v) is 26.6. The summed E-state index contributed by atoms with van der Waals surface area (Å²) in [5, 5.41) is 1.78. The molecular weight excluding hydrogens is 686 g/mol. The first-order valence-corrected chi connectivity index (χ1v) is 15.0. The van der Waals surface area contributed by atoms with Crippen LogP contribution in [0.5, 0.6) is 0 Å². The number of rotatable bonds is 9. The SMILES string of the molecule is O=C(COC(=O)[C@@H](Cc1ccccc1)N1C(=O)c2c(Cl)c(Cl)c(Cl)c(Cl)c2C1=O)Nc1ccc(Cl)cc1C(=O)c1ccccc1. The molecule has 1 atom stereocenters. The van der Waals surface area contributed by atoms with Crippen molar-refractivity contribution < 1.29 is 28.7 Å². The van der Waals surface area contributed by atoms with Gasteiger partial charge in [-0.15, -0.1) is 0 Å². The highest BCUT2D eigenvalue weighted by Crippen LogP contribution is 2.45. The number of imide groups is 1. The van der Waals surface area contributed by atoms with Crippen molar-refractivity contribution in [2.75, 3.05) is 11.9 Å². The van der Waals surface area contributed by atoms with Crippen LogP contribution in [0.15, 0.2) is 78.9 Å². The van der Waals surface area contributed by atoms with Crippen molar-refractivity contribution in [3.05, 3.63) is 132 Å². The van der Waals surface area contributed by atoms with Crippen molar-refractivity contribution >= 4 is 93.2 Å². The van der Waals surface area contributed by atoms with E-state index in [1.54, 1.807) is 60.7 Å². The van der Waals surface area contributed by atoms with Gasteiger partial charge in [-0.1, -0.05) is 119 Å². The third-order valence-electron chi connectivity index (χ3n) is 6.87. The maximum Gasteiger partial charge on any atom is 0.330 e. The minimum atomic E-state index is -1.52. The van der Waals surface area contributed by atoms with Gasteiger partial charge >= 0.3 is 5.97 Å². The molecule has 45 heavy (non-hydrogen) atoms. The van der Waals surface area contributed by atoms with Gasteiger partial charge in [-0.05, 0) is 23.8 Å². The molecule has 1 aliphatic rings. The summed E-state index contributed by atoms with van der Waals surface area (Å²) in [7, 11) is 0. The molecule has 228 valence electrons. The van der Waals surface area contributed by atoms with E-state index in [2.05, 4.69) is 5.32 Å². The Morgan fingerprint density at radius 1 is 0.733 bits per heavy atom. The van der Waals surface area contributed by atoms with Crippen LogP contribution in [0, 0.1) is 0 Å². The Kier molecular flexibility index (Phi) is 9.82. The first-order chi connectivity index (χ1) is 21.5. The molecule has 0 unspecified atom stereocenters. The highest BCUT2D eigenvalue weighted by Gasteiger charge is 2.47. The fourth-order valence-electron chi connectivity index (χ4n) is 4.74. The maximum absolute atomic E-state index is 13.5. The summed E-state index contributed by atoms with van der Waals surface area (Å²) < 4.78 is 5.31. The molecule has 0 saturated carbocycles. The van der Waals surface area contributed by atoms with Gasteiger partial charge in [0.15, 0.2) is 12.4 Å². The number of carbonyl (C=O) groups excluding carboxylic acids is 5. The average Bonchev–Trinajstić information content (AvgIpc) is 3.31. The van der Waals surface area contributed by atoms with E-state index in [-0.39, 0.29) is 53.9 Å². The summed E-state index contributed by atoms with van der Waals surface area (Å²) in [5.41, 5.74) is 0.597. The van der Waals surface area contributed by atoms with Crippen molar-refractivity contribution in [3.8, 4) is 0 Å². The van der Waals surface area contributed by atoms with Crippen LogP contribution in [-0.4, -0.2) is 47.0 Å². The van der Waals surface area contributed by atoms with E-state index in [0.29, 0.717) is 16.0 Å². The highest BCUT2D eigenvalue weighted by atomic mass is 35.5. The molecule has 0 fully saturated rings. The Balaban J connectivity index is 1.38. The zero-order valence-electron chi connectivity index (χ0n) is 22.8. The van der Waals surface area contributed by atoms with E-state index in [4.69, 9.17) is 62.7 Å². The first kappa shape index (κ1) is 32.5. The summed E-state index contributed by atoms with van der Waals surface area (Å²) in [5.74, 6) is -4.12. The second kappa shape index (κ2) is 13.6. The number of ether oxygens (including phenoxy) is 1.